The molecule has 3 fully saturated rings. The van der Waals surface area contributed by atoms with Gasteiger partial charge in [0.15, 0.2) is 0 Å². The Labute approximate surface area is 105 Å². The smallest absolute Gasteiger partial charge is 0.247 e. The van der Waals surface area contributed by atoms with Crippen LogP contribution in [0.3, 0.4) is 0 Å². The van der Waals surface area contributed by atoms with Gasteiger partial charge in [-0.25, -0.2) is 9.97 Å². The number of hydrogen-bond donors (Lipinski definition) is 1. The SMILES string of the molecule is c1cnc2oc(C3CNC4CCN3CC4)nc2c1. The second-order valence-corrected chi connectivity index (χ2v) is 5.11. The number of nitrogens with zero attached hydrogens (tertiary/aromatic N) is 3. The van der Waals surface area contributed by atoms with Crippen LogP contribution in [0.2, 0.25) is 0 Å². The standard InChI is InChI=1S/C13H16N4O/c1-2-10-12(14-5-1)18-13(16-10)11-8-15-9-3-6-17(11)7-4-9/h1-2,5,9,11,15H,3-4,6-8H2. The fraction of sp³-hybridized carbons (Fsp3) is 0.538. The number of hydrogen-bond acceptors (Lipinski definition) is 5. The van der Waals surface area contributed by atoms with E-state index in [0.717, 1.165) is 31.0 Å². The van der Waals surface area contributed by atoms with Crippen LogP contribution in [0.15, 0.2) is 22.7 Å². The normalized spacial score (nSPS) is 31.7. The highest BCUT2D eigenvalue weighted by atomic mass is 16.4. The number of aromatic nitrogens is 2. The predicted octanol–water partition coefficient (Wildman–Crippen LogP) is 1.33. The third-order valence-electron chi connectivity index (χ3n) is 4.04. The third kappa shape index (κ3) is 1.62. The van der Waals surface area contributed by atoms with Gasteiger partial charge >= 0.3 is 0 Å². The topological polar surface area (TPSA) is 54.2 Å². The second-order valence-electron chi connectivity index (χ2n) is 5.11. The van der Waals surface area contributed by atoms with E-state index in [1.165, 1.54) is 12.8 Å². The zero-order chi connectivity index (χ0) is 11.9. The lowest BCUT2D eigenvalue weighted by Crippen LogP contribution is -2.35. The summed E-state index contributed by atoms with van der Waals surface area (Å²) in [4.78, 5) is 11.3. The Kier molecular flexibility index (Phi) is 2.34. The molecule has 1 N–H and O–H groups in total. The molecule has 1 unspecified atom stereocenters. The molecule has 94 valence electrons. The molecule has 5 heterocycles. The number of rotatable bonds is 1. The minimum absolute atomic E-state index is 0.256. The van der Waals surface area contributed by atoms with Gasteiger partial charge in [-0.2, -0.15) is 0 Å². The highest BCUT2D eigenvalue weighted by molar-refractivity contribution is 5.67. The van der Waals surface area contributed by atoms with E-state index in [1.54, 1.807) is 6.20 Å². The van der Waals surface area contributed by atoms with Gasteiger partial charge in [0.2, 0.25) is 11.6 Å². The Morgan fingerprint density at radius 1 is 1.33 bits per heavy atom. The van der Waals surface area contributed by atoms with E-state index in [4.69, 9.17) is 4.42 Å². The Hall–Kier alpha value is -1.46. The number of nitrogens with one attached hydrogen (secondary N) is 1. The molecule has 0 aromatic carbocycles. The van der Waals surface area contributed by atoms with Crippen LogP contribution in [0, 0.1) is 0 Å². The van der Waals surface area contributed by atoms with Gasteiger partial charge in [0.1, 0.15) is 5.52 Å². The van der Waals surface area contributed by atoms with Gasteiger partial charge < -0.3 is 9.73 Å². The van der Waals surface area contributed by atoms with Gasteiger partial charge in [-0.15, -0.1) is 0 Å². The van der Waals surface area contributed by atoms with Crippen LogP contribution in [0.1, 0.15) is 24.8 Å². The summed E-state index contributed by atoms with van der Waals surface area (Å²) in [5.74, 6) is 0.804. The van der Waals surface area contributed by atoms with Crippen molar-refractivity contribution in [1.29, 1.82) is 0 Å². The molecule has 0 radical (unpaired) electrons. The van der Waals surface area contributed by atoms with Crippen molar-refractivity contribution in [3.8, 4) is 0 Å². The van der Waals surface area contributed by atoms with E-state index in [-0.39, 0.29) is 6.04 Å². The molecule has 2 aromatic rings. The predicted molar refractivity (Wildman–Crippen MR) is 67.1 cm³/mol. The van der Waals surface area contributed by atoms with Gasteiger partial charge in [-0.3, -0.25) is 4.90 Å². The minimum Gasteiger partial charge on any atom is -0.421 e. The van der Waals surface area contributed by atoms with E-state index in [2.05, 4.69) is 20.2 Å². The number of pyridine rings is 1. The van der Waals surface area contributed by atoms with Crippen LogP contribution in [0.25, 0.3) is 11.2 Å². The molecule has 2 bridgehead atoms. The average Bonchev–Trinajstić information content (AvgIpc) is 2.61. The van der Waals surface area contributed by atoms with Crippen molar-refractivity contribution in [1.82, 2.24) is 20.2 Å². The first-order chi connectivity index (χ1) is 8.90. The monoisotopic (exact) mass is 244 g/mol. The lowest BCUT2D eigenvalue weighted by molar-refractivity contribution is 0.168. The van der Waals surface area contributed by atoms with Crippen LogP contribution in [0.4, 0.5) is 0 Å². The molecular weight excluding hydrogens is 228 g/mol. The third-order valence-corrected chi connectivity index (χ3v) is 4.04. The largest absolute Gasteiger partial charge is 0.421 e. The zero-order valence-corrected chi connectivity index (χ0v) is 10.2. The molecule has 5 nitrogen and oxygen atoms in total. The molecule has 1 atom stereocenters. The lowest BCUT2D eigenvalue weighted by atomic mass is 10.1. The van der Waals surface area contributed by atoms with Crippen LogP contribution in [-0.2, 0) is 0 Å². The first-order valence-corrected chi connectivity index (χ1v) is 6.59. The first-order valence-electron chi connectivity index (χ1n) is 6.59. The highest BCUT2D eigenvalue weighted by Crippen LogP contribution is 2.28. The molecule has 0 spiro atoms. The fourth-order valence-electron chi connectivity index (χ4n) is 3.00. The van der Waals surface area contributed by atoms with Crippen molar-refractivity contribution in [2.24, 2.45) is 0 Å². The molecule has 18 heavy (non-hydrogen) atoms. The molecule has 0 saturated carbocycles. The zero-order valence-electron chi connectivity index (χ0n) is 10.2. The molecule has 3 aliphatic rings. The molecule has 0 aliphatic carbocycles. The summed E-state index contributed by atoms with van der Waals surface area (Å²) >= 11 is 0. The molecule has 3 saturated heterocycles. The van der Waals surface area contributed by atoms with Gasteiger partial charge in [0.25, 0.3) is 0 Å². The maximum absolute atomic E-state index is 5.81. The molecule has 5 heteroatoms. The quantitative estimate of drug-likeness (QED) is 0.820. The Morgan fingerprint density at radius 2 is 2.22 bits per heavy atom. The van der Waals surface area contributed by atoms with Crippen molar-refractivity contribution in [2.45, 2.75) is 24.9 Å². The lowest BCUT2D eigenvalue weighted by Gasteiger charge is -2.29. The van der Waals surface area contributed by atoms with Gasteiger partial charge in [0.05, 0.1) is 6.04 Å². The fourth-order valence-corrected chi connectivity index (χ4v) is 3.00. The van der Waals surface area contributed by atoms with E-state index < -0.39 is 0 Å². The Bertz CT molecular complexity index is 526. The van der Waals surface area contributed by atoms with Crippen LogP contribution in [-0.4, -0.2) is 40.5 Å². The Morgan fingerprint density at radius 3 is 3.06 bits per heavy atom. The van der Waals surface area contributed by atoms with Gasteiger partial charge in [-0.05, 0) is 25.0 Å². The van der Waals surface area contributed by atoms with Gasteiger partial charge in [0, 0.05) is 31.9 Å². The maximum Gasteiger partial charge on any atom is 0.247 e. The minimum atomic E-state index is 0.256. The van der Waals surface area contributed by atoms with Crippen molar-refractivity contribution < 1.29 is 4.42 Å². The second kappa shape index (κ2) is 4.03. The summed E-state index contributed by atoms with van der Waals surface area (Å²) in [7, 11) is 0. The maximum atomic E-state index is 5.81. The molecule has 3 aliphatic heterocycles. The summed E-state index contributed by atoms with van der Waals surface area (Å²) < 4.78 is 5.81. The summed E-state index contributed by atoms with van der Waals surface area (Å²) in [5, 5.41) is 3.60. The number of fused-ring (bicyclic) bond motifs is 5. The van der Waals surface area contributed by atoms with Crippen LogP contribution in [0.5, 0.6) is 0 Å². The molecule has 2 aromatic heterocycles. The molecule has 0 amide bonds. The van der Waals surface area contributed by atoms with E-state index in [1.807, 2.05) is 12.1 Å². The van der Waals surface area contributed by atoms with Gasteiger partial charge in [-0.1, -0.05) is 0 Å². The highest BCUT2D eigenvalue weighted by Gasteiger charge is 2.33. The van der Waals surface area contributed by atoms with Crippen molar-refractivity contribution in [2.75, 3.05) is 19.6 Å². The van der Waals surface area contributed by atoms with E-state index in [0.29, 0.717) is 11.8 Å². The summed E-state index contributed by atoms with van der Waals surface area (Å²) in [5.41, 5.74) is 1.50. The number of oxazole rings is 1. The van der Waals surface area contributed by atoms with Crippen LogP contribution >= 0.6 is 0 Å². The summed E-state index contributed by atoms with van der Waals surface area (Å²) in [6, 6.07) is 4.78. The molecule has 5 rings (SSSR count). The van der Waals surface area contributed by atoms with Crippen molar-refractivity contribution >= 4 is 11.2 Å². The van der Waals surface area contributed by atoms with E-state index >= 15 is 0 Å². The van der Waals surface area contributed by atoms with E-state index in [9.17, 15) is 0 Å². The van der Waals surface area contributed by atoms with Crippen molar-refractivity contribution in [3.05, 3.63) is 24.2 Å². The first kappa shape index (κ1) is 10.5. The van der Waals surface area contributed by atoms with Crippen LogP contribution < -0.4 is 5.32 Å². The number of piperidine rings is 1. The average molecular weight is 244 g/mol. The Balaban J connectivity index is 1.72. The molecular formula is C13H16N4O. The van der Waals surface area contributed by atoms with Crippen molar-refractivity contribution in [3.63, 3.8) is 0 Å². The summed E-state index contributed by atoms with van der Waals surface area (Å²) in [6.07, 6.45) is 4.21. The summed E-state index contributed by atoms with van der Waals surface area (Å²) in [6.45, 7) is 3.19.